The molecule has 0 atom stereocenters. The van der Waals surface area contributed by atoms with Gasteiger partial charge in [-0.15, -0.1) is 0 Å². The molecule has 4 nitrogen and oxygen atoms in total. The molecule has 0 aliphatic carbocycles. The lowest BCUT2D eigenvalue weighted by molar-refractivity contribution is 0.102. The van der Waals surface area contributed by atoms with Gasteiger partial charge in [0.1, 0.15) is 5.75 Å². The van der Waals surface area contributed by atoms with E-state index in [9.17, 15) is 4.79 Å². The SMILES string of the molecule is COc1ccc(-c2cc(C(=O)Nc3cc(C)c(Br)c(C)c3)c3cc(C)cc(C)c3n2)cc1. The van der Waals surface area contributed by atoms with Gasteiger partial charge in [-0.2, -0.15) is 0 Å². The number of carbonyl (C=O) groups excluding carboxylic acids is 1. The number of fused-ring (bicyclic) bond motifs is 1. The summed E-state index contributed by atoms with van der Waals surface area (Å²) in [4.78, 5) is 18.4. The summed E-state index contributed by atoms with van der Waals surface area (Å²) < 4.78 is 6.33. The second-order valence-corrected chi connectivity index (χ2v) is 8.93. The van der Waals surface area contributed by atoms with E-state index in [-0.39, 0.29) is 5.91 Å². The summed E-state index contributed by atoms with van der Waals surface area (Å²) in [5.74, 6) is 0.624. The second kappa shape index (κ2) is 8.75. The van der Waals surface area contributed by atoms with E-state index in [1.807, 2.05) is 76.2 Å². The fraction of sp³-hybridized carbons (Fsp3) is 0.185. The lowest BCUT2D eigenvalue weighted by atomic mass is 9.99. The third kappa shape index (κ3) is 4.26. The quantitative estimate of drug-likeness (QED) is 0.331. The number of ether oxygens (including phenoxy) is 1. The Kier molecular flexibility index (Phi) is 6.02. The smallest absolute Gasteiger partial charge is 0.256 e. The van der Waals surface area contributed by atoms with Crippen LogP contribution in [0.5, 0.6) is 5.75 Å². The predicted octanol–water partition coefficient (Wildman–Crippen LogP) is 7.16. The number of halogens is 1. The average molecular weight is 489 g/mol. The molecule has 0 bridgehead atoms. The Balaban J connectivity index is 1.85. The van der Waals surface area contributed by atoms with Gasteiger partial charge in [-0.25, -0.2) is 4.98 Å². The minimum atomic E-state index is -0.154. The third-order valence-electron chi connectivity index (χ3n) is 5.57. The maximum absolute atomic E-state index is 13.5. The van der Waals surface area contributed by atoms with Crippen molar-refractivity contribution in [3.8, 4) is 17.0 Å². The lowest BCUT2D eigenvalue weighted by Gasteiger charge is -2.14. The molecule has 1 amide bonds. The van der Waals surface area contributed by atoms with Crippen LogP contribution in [-0.2, 0) is 0 Å². The summed E-state index contributed by atoms with van der Waals surface area (Å²) in [5, 5.41) is 3.94. The molecule has 0 aliphatic heterocycles. The van der Waals surface area contributed by atoms with Gasteiger partial charge < -0.3 is 10.1 Å². The number of anilines is 1. The number of rotatable bonds is 4. The largest absolute Gasteiger partial charge is 0.497 e. The molecule has 4 aromatic rings. The monoisotopic (exact) mass is 488 g/mol. The van der Waals surface area contributed by atoms with Crippen LogP contribution in [0.3, 0.4) is 0 Å². The number of nitrogens with one attached hydrogen (secondary N) is 1. The Morgan fingerprint density at radius 1 is 0.906 bits per heavy atom. The molecule has 0 aliphatic rings. The first kappa shape index (κ1) is 22.0. The molecule has 0 saturated heterocycles. The van der Waals surface area contributed by atoms with Crippen molar-refractivity contribution in [2.24, 2.45) is 0 Å². The second-order valence-electron chi connectivity index (χ2n) is 8.14. The number of benzene rings is 3. The van der Waals surface area contributed by atoms with E-state index >= 15 is 0 Å². The van der Waals surface area contributed by atoms with E-state index in [1.54, 1.807) is 7.11 Å². The van der Waals surface area contributed by atoms with E-state index in [0.717, 1.165) is 60.3 Å². The first-order chi connectivity index (χ1) is 15.3. The summed E-state index contributed by atoms with van der Waals surface area (Å²) in [6, 6.07) is 17.7. The number of amides is 1. The van der Waals surface area contributed by atoms with Crippen LogP contribution in [0.1, 0.15) is 32.6 Å². The van der Waals surface area contributed by atoms with Gasteiger partial charge in [0.15, 0.2) is 0 Å². The van der Waals surface area contributed by atoms with Gasteiger partial charge in [0.2, 0.25) is 0 Å². The van der Waals surface area contributed by atoms with Crippen molar-refractivity contribution in [2.45, 2.75) is 27.7 Å². The normalized spacial score (nSPS) is 10.9. The van der Waals surface area contributed by atoms with Crippen LogP contribution in [0.15, 0.2) is 59.1 Å². The fourth-order valence-corrected chi connectivity index (χ4v) is 4.22. The van der Waals surface area contributed by atoms with Gasteiger partial charge in [0.25, 0.3) is 5.91 Å². The molecular formula is C27H25BrN2O2. The number of aromatic nitrogens is 1. The lowest BCUT2D eigenvalue weighted by Crippen LogP contribution is -2.14. The Morgan fingerprint density at radius 3 is 2.19 bits per heavy atom. The van der Waals surface area contributed by atoms with Crippen LogP contribution in [0, 0.1) is 27.7 Å². The molecule has 4 rings (SSSR count). The number of aryl methyl sites for hydroxylation is 4. The zero-order valence-corrected chi connectivity index (χ0v) is 20.4. The van der Waals surface area contributed by atoms with Crippen LogP contribution in [0.4, 0.5) is 5.69 Å². The van der Waals surface area contributed by atoms with Crippen molar-refractivity contribution in [3.63, 3.8) is 0 Å². The first-order valence-corrected chi connectivity index (χ1v) is 11.2. The number of nitrogens with zero attached hydrogens (tertiary/aromatic N) is 1. The molecule has 0 fully saturated rings. The van der Waals surface area contributed by atoms with Crippen LogP contribution < -0.4 is 10.1 Å². The third-order valence-corrected chi connectivity index (χ3v) is 6.82. The Hall–Kier alpha value is -3.18. The van der Waals surface area contributed by atoms with Crippen molar-refractivity contribution >= 4 is 38.4 Å². The average Bonchev–Trinajstić information content (AvgIpc) is 2.77. The summed E-state index contributed by atoms with van der Waals surface area (Å²) in [7, 11) is 1.64. The predicted molar refractivity (Wildman–Crippen MR) is 135 cm³/mol. The maximum Gasteiger partial charge on any atom is 0.256 e. The molecule has 0 spiro atoms. The van der Waals surface area contributed by atoms with Crippen molar-refractivity contribution in [1.29, 1.82) is 0 Å². The highest BCUT2D eigenvalue weighted by molar-refractivity contribution is 9.10. The van der Waals surface area contributed by atoms with Crippen LogP contribution in [0.2, 0.25) is 0 Å². The number of hydrogen-bond acceptors (Lipinski definition) is 3. The molecule has 0 unspecified atom stereocenters. The van der Waals surface area contributed by atoms with Gasteiger partial charge in [-0.1, -0.05) is 27.6 Å². The van der Waals surface area contributed by atoms with E-state index in [4.69, 9.17) is 9.72 Å². The molecule has 1 heterocycles. The highest BCUT2D eigenvalue weighted by Crippen LogP contribution is 2.30. The molecule has 162 valence electrons. The van der Waals surface area contributed by atoms with E-state index in [1.165, 1.54) is 0 Å². The molecule has 1 aromatic heterocycles. The van der Waals surface area contributed by atoms with Crippen LogP contribution in [-0.4, -0.2) is 18.0 Å². The minimum Gasteiger partial charge on any atom is -0.497 e. The molecule has 0 radical (unpaired) electrons. The summed E-state index contributed by atoms with van der Waals surface area (Å²) in [5.41, 5.74) is 8.17. The maximum atomic E-state index is 13.5. The Labute approximate surface area is 196 Å². The van der Waals surface area contributed by atoms with Crippen molar-refractivity contribution in [3.05, 3.63) is 86.9 Å². The summed E-state index contributed by atoms with van der Waals surface area (Å²) in [6.45, 7) is 8.10. The first-order valence-electron chi connectivity index (χ1n) is 10.4. The highest BCUT2D eigenvalue weighted by Gasteiger charge is 2.17. The molecule has 32 heavy (non-hydrogen) atoms. The number of hydrogen-bond donors (Lipinski definition) is 1. The molecule has 1 N–H and O–H groups in total. The van der Waals surface area contributed by atoms with Crippen molar-refractivity contribution in [1.82, 2.24) is 4.98 Å². The van der Waals surface area contributed by atoms with Gasteiger partial charge in [-0.3, -0.25) is 4.79 Å². The van der Waals surface area contributed by atoms with E-state index in [2.05, 4.69) is 27.3 Å². The minimum absolute atomic E-state index is 0.154. The van der Waals surface area contributed by atoms with Crippen LogP contribution >= 0.6 is 15.9 Å². The van der Waals surface area contributed by atoms with Gasteiger partial charge in [-0.05, 0) is 92.9 Å². The number of methoxy groups -OCH3 is 1. The molecule has 0 saturated carbocycles. The topological polar surface area (TPSA) is 51.2 Å². The summed E-state index contributed by atoms with van der Waals surface area (Å²) in [6.07, 6.45) is 0. The molecule has 3 aromatic carbocycles. The van der Waals surface area contributed by atoms with E-state index < -0.39 is 0 Å². The zero-order chi connectivity index (χ0) is 23.0. The summed E-state index contributed by atoms with van der Waals surface area (Å²) >= 11 is 3.59. The van der Waals surface area contributed by atoms with Crippen molar-refractivity contribution in [2.75, 3.05) is 12.4 Å². The van der Waals surface area contributed by atoms with Crippen LogP contribution in [0.25, 0.3) is 22.2 Å². The van der Waals surface area contributed by atoms with Gasteiger partial charge >= 0.3 is 0 Å². The fourth-order valence-electron chi connectivity index (χ4n) is 3.99. The molecule has 5 heteroatoms. The molecular weight excluding hydrogens is 464 g/mol. The standard InChI is InChI=1S/C27H25BrN2O2/c1-15-10-18(4)26-22(11-15)23(14-24(30-26)19-6-8-21(32-5)9-7-19)27(31)29-20-12-16(2)25(28)17(3)13-20/h6-14H,1-5H3,(H,29,31). The number of carbonyl (C=O) groups is 1. The van der Waals surface area contributed by atoms with Gasteiger partial charge in [0, 0.05) is 21.1 Å². The Morgan fingerprint density at radius 2 is 1.56 bits per heavy atom. The zero-order valence-electron chi connectivity index (χ0n) is 18.8. The highest BCUT2D eigenvalue weighted by atomic mass is 79.9. The Bertz CT molecular complexity index is 1320. The number of pyridine rings is 1. The van der Waals surface area contributed by atoms with Gasteiger partial charge in [0.05, 0.1) is 23.9 Å². The van der Waals surface area contributed by atoms with Crippen molar-refractivity contribution < 1.29 is 9.53 Å². The van der Waals surface area contributed by atoms with E-state index in [0.29, 0.717) is 5.56 Å².